The van der Waals surface area contributed by atoms with Crippen LogP contribution in [0.5, 0.6) is 0 Å². The molecule has 0 unspecified atom stereocenters. The lowest BCUT2D eigenvalue weighted by atomic mass is 9.96. The maximum Gasteiger partial charge on any atom is 0.0314 e. The van der Waals surface area contributed by atoms with Gasteiger partial charge in [-0.05, 0) is 36.6 Å². The standard InChI is InChI=1S/C24H20/c1-20(19-22-13-7-3-8-14-22)24(23-15-9-4-10-16-23)18-17-21-11-5-2-6-12-21/h2-16H,19H2,1H3/b24-20-. The van der Waals surface area contributed by atoms with Crippen molar-refractivity contribution in [2.45, 2.75) is 13.3 Å². The molecule has 0 amide bonds. The van der Waals surface area contributed by atoms with Crippen LogP contribution in [0.2, 0.25) is 0 Å². The fraction of sp³-hybridized carbons (Fsp3) is 0.0833. The molecule has 0 aromatic heterocycles. The number of rotatable bonds is 3. The van der Waals surface area contributed by atoms with E-state index >= 15 is 0 Å². The van der Waals surface area contributed by atoms with E-state index in [4.69, 9.17) is 0 Å². The fourth-order valence-corrected chi connectivity index (χ4v) is 2.68. The van der Waals surface area contributed by atoms with E-state index in [1.807, 2.05) is 36.4 Å². The Morgan fingerprint density at radius 2 is 1.25 bits per heavy atom. The van der Waals surface area contributed by atoms with Gasteiger partial charge in [0.05, 0.1) is 0 Å². The Bertz CT molecular complexity index is 861. The summed E-state index contributed by atoms with van der Waals surface area (Å²) in [6.07, 6.45) is 0.911. The monoisotopic (exact) mass is 308 g/mol. The van der Waals surface area contributed by atoms with Crippen molar-refractivity contribution >= 4 is 5.57 Å². The lowest BCUT2D eigenvalue weighted by molar-refractivity contribution is 1.15. The minimum absolute atomic E-state index is 0.911. The van der Waals surface area contributed by atoms with Gasteiger partial charge in [0.2, 0.25) is 0 Å². The van der Waals surface area contributed by atoms with Gasteiger partial charge in [-0.2, -0.15) is 0 Å². The third-order valence-electron chi connectivity index (χ3n) is 3.91. The maximum atomic E-state index is 3.40. The lowest BCUT2D eigenvalue weighted by Gasteiger charge is -2.08. The minimum atomic E-state index is 0.911. The van der Waals surface area contributed by atoms with E-state index in [-0.39, 0.29) is 0 Å². The first-order chi connectivity index (χ1) is 11.8. The summed E-state index contributed by atoms with van der Waals surface area (Å²) >= 11 is 0. The summed E-state index contributed by atoms with van der Waals surface area (Å²) in [5.41, 5.74) is 5.93. The van der Waals surface area contributed by atoms with E-state index < -0.39 is 0 Å². The van der Waals surface area contributed by atoms with Gasteiger partial charge in [-0.25, -0.2) is 0 Å². The zero-order chi connectivity index (χ0) is 16.6. The minimum Gasteiger partial charge on any atom is -0.0622 e. The van der Waals surface area contributed by atoms with Crippen molar-refractivity contribution in [1.29, 1.82) is 0 Å². The first kappa shape index (κ1) is 15.8. The van der Waals surface area contributed by atoms with E-state index in [1.165, 1.54) is 16.7 Å². The van der Waals surface area contributed by atoms with Crippen LogP contribution < -0.4 is 0 Å². The molecule has 0 aliphatic carbocycles. The Labute approximate surface area is 144 Å². The molecule has 0 radical (unpaired) electrons. The molecular weight excluding hydrogens is 288 g/mol. The number of hydrogen-bond donors (Lipinski definition) is 0. The van der Waals surface area contributed by atoms with E-state index in [2.05, 4.69) is 73.4 Å². The predicted molar refractivity (Wildman–Crippen MR) is 103 cm³/mol. The molecule has 0 heteroatoms. The highest BCUT2D eigenvalue weighted by Gasteiger charge is 2.04. The Kier molecular flexibility index (Phi) is 5.28. The summed E-state index contributed by atoms with van der Waals surface area (Å²) in [6, 6.07) is 31.1. The van der Waals surface area contributed by atoms with Crippen LogP contribution in [-0.2, 0) is 6.42 Å². The van der Waals surface area contributed by atoms with Crippen molar-refractivity contribution in [2.75, 3.05) is 0 Å². The van der Waals surface area contributed by atoms with E-state index in [9.17, 15) is 0 Å². The largest absolute Gasteiger partial charge is 0.0622 e. The second-order valence-corrected chi connectivity index (χ2v) is 5.80. The predicted octanol–water partition coefficient (Wildman–Crippen LogP) is 5.75. The van der Waals surface area contributed by atoms with Crippen LogP contribution in [0, 0.1) is 11.8 Å². The SMILES string of the molecule is C/C(Cc1ccccc1)=C(\C#Cc1ccccc1)c1ccccc1. The Morgan fingerprint density at radius 1 is 0.708 bits per heavy atom. The van der Waals surface area contributed by atoms with Crippen molar-refractivity contribution in [3.63, 3.8) is 0 Å². The molecule has 0 nitrogen and oxygen atoms in total. The molecular formula is C24H20. The number of allylic oxidation sites excluding steroid dienone is 2. The molecule has 0 N–H and O–H groups in total. The van der Waals surface area contributed by atoms with Crippen molar-refractivity contribution in [3.8, 4) is 11.8 Å². The zero-order valence-corrected chi connectivity index (χ0v) is 13.9. The normalized spacial score (nSPS) is 11.2. The average molecular weight is 308 g/mol. The molecule has 0 spiro atoms. The van der Waals surface area contributed by atoms with Crippen LogP contribution in [0.3, 0.4) is 0 Å². The van der Waals surface area contributed by atoms with Gasteiger partial charge in [-0.3, -0.25) is 0 Å². The molecule has 0 saturated heterocycles. The lowest BCUT2D eigenvalue weighted by Crippen LogP contribution is -1.92. The van der Waals surface area contributed by atoms with Crippen LogP contribution in [0.4, 0.5) is 0 Å². The van der Waals surface area contributed by atoms with Gasteiger partial charge in [0.25, 0.3) is 0 Å². The highest BCUT2D eigenvalue weighted by molar-refractivity contribution is 5.82. The van der Waals surface area contributed by atoms with Crippen LogP contribution in [0.1, 0.15) is 23.6 Å². The van der Waals surface area contributed by atoms with Crippen LogP contribution in [-0.4, -0.2) is 0 Å². The van der Waals surface area contributed by atoms with Crippen molar-refractivity contribution in [3.05, 3.63) is 113 Å². The summed E-state index contributed by atoms with van der Waals surface area (Å²) in [7, 11) is 0. The summed E-state index contributed by atoms with van der Waals surface area (Å²) in [4.78, 5) is 0. The highest BCUT2D eigenvalue weighted by Crippen LogP contribution is 2.21. The smallest absolute Gasteiger partial charge is 0.0314 e. The van der Waals surface area contributed by atoms with Crippen LogP contribution >= 0.6 is 0 Å². The van der Waals surface area contributed by atoms with E-state index in [1.54, 1.807) is 0 Å². The molecule has 0 aliphatic rings. The molecule has 0 saturated carbocycles. The summed E-state index contributed by atoms with van der Waals surface area (Å²) in [5, 5.41) is 0. The van der Waals surface area contributed by atoms with Crippen LogP contribution in [0.15, 0.2) is 96.6 Å². The highest BCUT2D eigenvalue weighted by atomic mass is 14.1. The third-order valence-corrected chi connectivity index (χ3v) is 3.91. The van der Waals surface area contributed by atoms with Crippen molar-refractivity contribution in [1.82, 2.24) is 0 Å². The van der Waals surface area contributed by atoms with Gasteiger partial charge in [0.15, 0.2) is 0 Å². The Hall–Kier alpha value is -3.04. The zero-order valence-electron chi connectivity index (χ0n) is 13.9. The van der Waals surface area contributed by atoms with Crippen LogP contribution in [0.25, 0.3) is 5.57 Å². The quantitative estimate of drug-likeness (QED) is 0.540. The first-order valence-corrected chi connectivity index (χ1v) is 8.19. The molecule has 0 heterocycles. The van der Waals surface area contributed by atoms with Gasteiger partial charge in [-0.15, -0.1) is 0 Å². The second-order valence-electron chi connectivity index (χ2n) is 5.80. The Morgan fingerprint density at radius 3 is 1.88 bits per heavy atom. The molecule has 116 valence electrons. The molecule has 0 atom stereocenters. The van der Waals surface area contributed by atoms with Gasteiger partial charge in [0, 0.05) is 11.1 Å². The van der Waals surface area contributed by atoms with Crippen molar-refractivity contribution in [2.24, 2.45) is 0 Å². The molecule has 0 bridgehead atoms. The molecule has 0 aliphatic heterocycles. The maximum absolute atomic E-state index is 3.40. The van der Waals surface area contributed by atoms with Gasteiger partial charge >= 0.3 is 0 Å². The Balaban J connectivity index is 1.99. The topological polar surface area (TPSA) is 0 Å². The molecule has 3 aromatic rings. The van der Waals surface area contributed by atoms with Gasteiger partial charge in [-0.1, -0.05) is 96.3 Å². The fourth-order valence-electron chi connectivity index (χ4n) is 2.68. The van der Waals surface area contributed by atoms with Crippen molar-refractivity contribution < 1.29 is 0 Å². The second kappa shape index (κ2) is 7.99. The number of benzene rings is 3. The molecule has 24 heavy (non-hydrogen) atoms. The van der Waals surface area contributed by atoms with Gasteiger partial charge in [0.1, 0.15) is 0 Å². The van der Waals surface area contributed by atoms with E-state index in [0.29, 0.717) is 0 Å². The average Bonchev–Trinajstić information content (AvgIpc) is 2.64. The first-order valence-electron chi connectivity index (χ1n) is 8.19. The molecule has 3 rings (SSSR count). The molecule has 0 fully saturated rings. The summed E-state index contributed by atoms with van der Waals surface area (Å²) in [6.45, 7) is 2.18. The molecule has 3 aromatic carbocycles. The number of hydrogen-bond acceptors (Lipinski definition) is 0. The third kappa shape index (κ3) is 4.24. The summed E-state index contributed by atoms with van der Waals surface area (Å²) in [5.74, 6) is 6.70. The summed E-state index contributed by atoms with van der Waals surface area (Å²) < 4.78 is 0. The van der Waals surface area contributed by atoms with Gasteiger partial charge < -0.3 is 0 Å². The van der Waals surface area contributed by atoms with E-state index in [0.717, 1.165) is 17.6 Å².